The molecule has 0 unspecified atom stereocenters. The molecule has 2 heterocycles. The standard InChI is InChI=1S/C27H20FN3O3S/c1-17(32)31(22-11-5-4-10-21(22)28)27-29-18(16-35-27)14-15-25(33)30-26-19-8-2-6-12-23(19)34-24-13-7-3-9-20(24)26/h2-16,26H,1H3,(H,30,33)/b15-14+. The summed E-state index contributed by atoms with van der Waals surface area (Å²) in [5.41, 5.74) is 2.34. The molecular weight excluding hydrogens is 465 g/mol. The molecule has 0 saturated heterocycles. The number of ether oxygens (including phenoxy) is 1. The van der Waals surface area contributed by atoms with Gasteiger partial charge in [-0.25, -0.2) is 9.37 Å². The van der Waals surface area contributed by atoms with Crippen LogP contribution in [0.4, 0.5) is 15.2 Å². The average molecular weight is 486 g/mol. The van der Waals surface area contributed by atoms with Crippen LogP contribution in [-0.2, 0) is 9.59 Å². The molecule has 174 valence electrons. The van der Waals surface area contributed by atoms with Gasteiger partial charge < -0.3 is 10.1 Å². The number of benzene rings is 3. The molecular formula is C27H20FN3O3S. The van der Waals surface area contributed by atoms with Crippen molar-refractivity contribution >= 4 is 40.0 Å². The molecule has 5 rings (SSSR count). The zero-order valence-electron chi connectivity index (χ0n) is 18.6. The van der Waals surface area contributed by atoms with E-state index < -0.39 is 5.82 Å². The van der Waals surface area contributed by atoms with Crippen molar-refractivity contribution in [3.8, 4) is 11.5 Å². The first kappa shape index (κ1) is 22.5. The fraction of sp³-hybridized carbons (Fsp3) is 0.0741. The van der Waals surface area contributed by atoms with Crippen molar-refractivity contribution < 1.29 is 18.7 Å². The number of thiazole rings is 1. The SMILES string of the molecule is CC(=O)N(c1nc(/C=C/C(=O)NC2c3ccccc3Oc3ccccc32)cs1)c1ccccc1F. The quantitative estimate of drug-likeness (QED) is 0.353. The van der Waals surface area contributed by atoms with Gasteiger partial charge in [0, 0.05) is 29.5 Å². The monoisotopic (exact) mass is 485 g/mol. The Kier molecular flexibility index (Phi) is 6.12. The number of hydrogen-bond donors (Lipinski definition) is 1. The Morgan fingerprint density at radius 3 is 2.29 bits per heavy atom. The Morgan fingerprint density at radius 2 is 1.63 bits per heavy atom. The third-order valence-electron chi connectivity index (χ3n) is 5.48. The normalized spacial score (nSPS) is 12.5. The van der Waals surface area contributed by atoms with E-state index in [1.807, 2.05) is 48.5 Å². The highest BCUT2D eigenvalue weighted by atomic mass is 32.1. The number of fused-ring (bicyclic) bond motifs is 2. The predicted molar refractivity (Wildman–Crippen MR) is 133 cm³/mol. The molecule has 1 N–H and O–H groups in total. The van der Waals surface area contributed by atoms with Crippen LogP contribution in [0.2, 0.25) is 0 Å². The number of carbonyl (C=O) groups is 2. The minimum absolute atomic E-state index is 0.125. The molecule has 35 heavy (non-hydrogen) atoms. The number of halogens is 1. The Balaban J connectivity index is 1.36. The van der Waals surface area contributed by atoms with Gasteiger partial charge in [0.15, 0.2) is 5.13 Å². The van der Waals surface area contributed by atoms with Crippen molar-refractivity contribution in [3.63, 3.8) is 0 Å². The van der Waals surface area contributed by atoms with E-state index in [1.165, 1.54) is 41.4 Å². The molecule has 1 aliphatic rings. The van der Waals surface area contributed by atoms with Gasteiger partial charge in [0.05, 0.1) is 17.4 Å². The maximum absolute atomic E-state index is 14.3. The predicted octanol–water partition coefficient (Wildman–Crippen LogP) is 5.99. The minimum Gasteiger partial charge on any atom is -0.457 e. The van der Waals surface area contributed by atoms with Crippen LogP contribution in [0.3, 0.4) is 0 Å². The first-order valence-electron chi connectivity index (χ1n) is 10.9. The summed E-state index contributed by atoms with van der Waals surface area (Å²) in [5, 5.41) is 5.06. The number of rotatable bonds is 5. The van der Waals surface area contributed by atoms with E-state index in [-0.39, 0.29) is 23.5 Å². The zero-order chi connectivity index (χ0) is 24.4. The summed E-state index contributed by atoms with van der Waals surface area (Å²) in [4.78, 5) is 30.7. The highest BCUT2D eigenvalue weighted by Gasteiger charge is 2.27. The maximum Gasteiger partial charge on any atom is 0.244 e. The lowest BCUT2D eigenvalue weighted by Gasteiger charge is -2.28. The van der Waals surface area contributed by atoms with Gasteiger partial charge in [0.25, 0.3) is 0 Å². The van der Waals surface area contributed by atoms with E-state index in [0.29, 0.717) is 22.3 Å². The lowest BCUT2D eigenvalue weighted by atomic mass is 9.94. The highest BCUT2D eigenvalue weighted by molar-refractivity contribution is 7.14. The summed E-state index contributed by atoms with van der Waals surface area (Å²) in [7, 11) is 0. The van der Waals surface area contributed by atoms with Crippen LogP contribution in [0.15, 0.2) is 84.3 Å². The number of anilines is 2. The number of aromatic nitrogens is 1. The van der Waals surface area contributed by atoms with E-state index in [1.54, 1.807) is 23.6 Å². The topological polar surface area (TPSA) is 71.5 Å². The summed E-state index contributed by atoms with van der Waals surface area (Å²) in [6, 6.07) is 20.8. The van der Waals surface area contributed by atoms with Crippen LogP contribution in [0, 0.1) is 5.82 Å². The second-order valence-electron chi connectivity index (χ2n) is 7.81. The summed E-state index contributed by atoms with van der Waals surface area (Å²) in [6.45, 7) is 1.35. The Hall–Kier alpha value is -4.30. The fourth-order valence-corrected chi connectivity index (χ4v) is 4.76. The van der Waals surface area contributed by atoms with Gasteiger partial charge in [-0.05, 0) is 30.3 Å². The first-order valence-corrected chi connectivity index (χ1v) is 11.7. The molecule has 3 aromatic carbocycles. The van der Waals surface area contributed by atoms with E-state index in [9.17, 15) is 14.0 Å². The van der Waals surface area contributed by atoms with Gasteiger partial charge in [0.1, 0.15) is 17.3 Å². The molecule has 1 aromatic heterocycles. The Labute approximate surface area is 205 Å². The number of carbonyl (C=O) groups excluding carboxylic acids is 2. The Bertz CT molecular complexity index is 1400. The maximum atomic E-state index is 14.3. The van der Waals surface area contributed by atoms with Crippen LogP contribution in [0.1, 0.15) is 29.8 Å². The number of para-hydroxylation sites is 3. The van der Waals surface area contributed by atoms with E-state index in [4.69, 9.17) is 4.74 Å². The number of hydrogen-bond acceptors (Lipinski definition) is 5. The van der Waals surface area contributed by atoms with Gasteiger partial charge >= 0.3 is 0 Å². The fourth-order valence-electron chi connectivity index (χ4n) is 3.91. The van der Waals surface area contributed by atoms with Crippen molar-refractivity contribution in [2.24, 2.45) is 0 Å². The molecule has 0 spiro atoms. The van der Waals surface area contributed by atoms with Crippen LogP contribution in [0.25, 0.3) is 6.08 Å². The molecule has 0 aliphatic carbocycles. The van der Waals surface area contributed by atoms with Gasteiger partial charge in [-0.3, -0.25) is 14.5 Å². The Morgan fingerprint density at radius 1 is 1.00 bits per heavy atom. The van der Waals surface area contributed by atoms with Crippen molar-refractivity contribution in [1.82, 2.24) is 10.3 Å². The van der Waals surface area contributed by atoms with Crippen LogP contribution in [0.5, 0.6) is 11.5 Å². The van der Waals surface area contributed by atoms with Gasteiger partial charge in [-0.2, -0.15) is 0 Å². The third-order valence-corrected chi connectivity index (χ3v) is 6.33. The van der Waals surface area contributed by atoms with Crippen LogP contribution in [-0.4, -0.2) is 16.8 Å². The molecule has 8 heteroatoms. The molecule has 4 aromatic rings. The smallest absolute Gasteiger partial charge is 0.244 e. The summed E-state index contributed by atoms with van der Waals surface area (Å²) >= 11 is 1.19. The summed E-state index contributed by atoms with van der Waals surface area (Å²) in [5.74, 6) is 0.193. The lowest BCUT2D eigenvalue weighted by Crippen LogP contribution is -2.29. The number of nitrogens with one attached hydrogen (secondary N) is 1. The van der Waals surface area contributed by atoms with E-state index >= 15 is 0 Å². The zero-order valence-corrected chi connectivity index (χ0v) is 19.5. The lowest BCUT2D eigenvalue weighted by molar-refractivity contribution is -0.117. The van der Waals surface area contributed by atoms with E-state index in [0.717, 1.165) is 11.1 Å². The summed E-state index contributed by atoms with van der Waals surface area (Å²) < 4.78 is 20.3. The molecule has 1 aliphatic heterocycles. The van der Waals surface area contributed by atoms with Gasteiger partial charge in [-0.15, -0.1) is 11.3 Å². The van der Waals surface area contributed by atoms with Crippen molar-refractivity contribution in [1.29, 1.82) is 0 Å². The summed E-state index contributed by atoms with van der Waals surface area (Å²) in [6.07, 6.45) is 2.95. The van der Waals surface area contributed by atoms with Crippen LogP contribution < -0.4 is 15.0 Å². The second-order valence-corrected chi connectivity index (χ2v) is 8.65. The molecule has 0 bridgehead atoms. The van der Waals surface area contributed by atoms with Gasteiger partial charge in [0.2, 0.25) is 11.8 Å². The number of nitrogens with zero attached hydrogens (tertiary/aromatic N) is 2. The highest BCUT2D eigenvalue weighted by Crippen LogP contribution is 2.42. The first-order chi connectivity index (χ1) is 17.0. The molecule has 0 saturated carbocycles. The molecule has 6 nitrogen and oxygen atoms in total. The second kappa shape index (κ2) is 9.52. The van der Waals surface area contributed by atoms with E-state index in [2.05, 4.69) is 10.3 Å². The molecule has 2 amide bonds. The van der Waals surface area contributed by atoms with Crippen molar-refractivity contribution in [2.75, 3.05) is 4.90 Å². The van der Waals surface area contributed by atoms with Crippen LogP contribution >= 0.6 is 11.3 Å². The van der Waals surface area contributed by atoms with Crippen molar-refractivity contribution in [2.45, 2.75) is 13.0 Å². The molecule has 0 atom stereocenters. The number of amides is 2. The van der Waals surface area contributed by atoms with Gasteiger partial charge in [-0.1, -0.05) is 48.5 Å². The average Bonchev–Trinajstić information content (AvgIpc) is 3.32. The molecule has 0 radical (unpaired) electrons. The third kappa shape index (κ3) is 4.56. The largest absolute Gasteiger partial charge is 0.457 e. The van der Waals surface area contributed by atoms with Crippen molar-refractivity contribution in [3.05, 3.63) is 107 Å². The molecule has 0 fully saturated rings. The minimum atomic E-state index is -0.522.